The molecule has 0 heteroatoms. The maximum Gasteiger partial charge on any atom is -0.0216 e. The van der Waals surface area contributed by atoms with E-state index in [-0.39, 0.29) is 0 Å². The molecule has 56 valence electrons. The third kappa shape index (κ3) is 2.67. The van der Waals surface area contributed by atoms with Crippen LogP contribution in [0.5, 0.6) is 0 Å². The van der Waals surface area contributed by atoms with Crippen LogP contribution < -0.4 is 0 Å². The van der Waals surface area contributed by atoms with Gasteiger partial charge >= 0.3 is 0 Å². The molecule has 0 aliphatic heterocycles. The Labute approximate surface area is 64.0 Å². The van der Waals surface area contributed by atoms with Gasteiger partial charge in [-0.05, 0) is 18.4 Å². The van der Waals surface area contributed by atoms with Gasteiger partial charge in [-0.2, -0.15) is 0 Å². The van der Waals surface area contributed by atoms with E-state index in [4.69, 9.17) is 0 Å². The summed E-state index contributed by atoms with van der Waals surface area (Å²) >= 11 is 0. The lowest BCUT2D eigenvalue weighted by Gasteiger charge is -2.09. The monoisotopic (exact) mass is 136 g/mol. The summed E-state index contributed by atoms with van der Waals surface area (Å²) in [6.45, 7) is 13.9. The molecule has 0 spiro atoms. The molecule has 0 saturated carbocycles. The predicted molar refractivity (Wildman–Crippen MR) is 47.9 cm³/mol. The smallest absolute Gasteiger partial charge is 0.0216 e. The van der Waals surface area contributed by atoms with Crippen LogP contribution in [0.2, 0.25) is 0 Å². The quantitative estimate of drug-likeness (QED) is 0.522. The Hall–Kier alpha value is -0.780. The highest BCUT2D eigenvalue weighted by atomic mass is 14.1. The summed E-state index contributed by atoms with van der Waals surface area (Å²) in [5.74, 6) is 0.551. The van der Waals surface area contributed by atoms with Crippen molar-refractivity contribution in [3.8, 4) is 0 Å². The lowest BCUT2D eigenvalue weighted by molar-refractivity contribution is 0.779. The van der Waals surface area contributed by atoms with Crippen molar-refractivity contribution in [1.29, 1.82) is 0 Å². The third-order valence-corrected chi connectivity index (χ3v) is 1.41. The largest absolute Gasteiger partial charge is 0.0991 e. The Morgan fingerprint density at radius 1 is 1.40 bits per heavy atom. The van der Waals surface area contributed by atoms with Crippen LogP contribution in [0.4, 0.5) is 0 Å². The van der Waals surface area contributed by atoms with E-state index in [9.17, 15) is 0 Å². The lowest BCUT2D eigenvalue weighted by atomic mass is 9.97. The molecule has 0 bridgehead atoms. The molecule has 0 aliphatic carbocycles. The molecule has 0 fully saturated rings. The van der Waals surface area contributed by atoms with Gasteiger partial charge in [0.05, 0.1) is 0 Å². The minimum atomic E-state index is 0.551. The number of rotatable bonds is 3. The van der Waals surface area contributed by atoms with Crippen molar-refractivity contribution in [2.75, 3.05) is 0 Å². The van der Waals surface area contributed by atoms with E-state index in [1.54, 1.807) is 0 Å². The van der Waals surface area contributed by atoms with E-state index in [1.807, 2.05) is 19.1 Å². The van der Waals surface area contributed by atoms with Crippen molar-refractivity contribution < 1.29 is 0 Å². The predicted octanol–water partition coefficient (Wildman–Crippen LogP) is 3.33. The van der Waals surface area contributed by atoms with E-state index in [1.165, 1.54) is 5.57 Å². The Kier molecular flexibility index (Phi) is 3.78. The molecule has 10 heavy (non-hydrogen) atoms. The third-order valence-electron chi connectivity index (χ3n) is 1.41. The fourth-order valence-corrected chi connectivity index (χ4v) is 0.954. The molecular weight excluding hydrogens is 120 g/mol. The minimum Gasteiger partial charge on any atom is -0.0991 e. The van der Waals surface area contributed by atoms with Gasteiger partial charge in [-0.1, -0.05) is 44.7 Å². The number of hydrogen-bond acceptors (Lipinski definition) is 0. The summed E-state index contributed by atoms with van der Waals surface area (Å²) < 4.78 is 0. The number of allylic oxidation sites excluding steroid dienone is 4. The summed E-state index contributed by atoms with van der Waals surface area (Å²) in [5.41, 5.74) is 2.42. The van der Waals surface area contributed by atoms with Crippen molar-refractivity contribution in [3.05, 3.63) is 36.5 Å². The SMILES string of the molecule is C=C/C=C(\C(=C)C)C(C)C. The molecule has 0 rings (SSSR count). The van der Waals surface area contributed by atoms with Crippen LogP contribution in [0.15, 0.2) is 36.5 Å². The fourth-order valence-electron chi connectivity index (χ4n) is 0.954. The van der Waals surface area contributed by atoms with Gasteiger partial charge in [-0.25, -0.2) is 0 Å². The highest BCUT2D eigenvalue weighted by molar-refractivity contribution is 5.30. The Balaban J connectivity index is 4.41. The molecule has 0 aromatic rings. The molecule has 0 aliphatic rings. The Bertz CT molecular complexity index is 159. The summed E-state index contributed by atoms with van der Waals surface area (Å²) in [6, 6.07) is 0. The highest BCUT2D eigenvalue weighted by Gasteiger charge is 2.00. The first-order chi connectivity index (χ1) is 4.59. The first-order valence-corrected chi connectivity index (χ1v) is 3.58. The van der Waals surface area contributed by atoms with Gasteiger partial charge in [0.25, 0.3) is 0 Å². The second kappa shape index (κ2) is 4.10. The second-order valence-corrected chi connectivity index (χ2v) is 2.79. The minimum absolute atomic E-state index is 0.551. The van der Waals surface area contributed by atoms with Crippen molar-refractivity contribution in [2.24, 2.45) is 5.92 Å². The summed E-state index contributed by atoms with van der Waals surface area (Å²) in [4.78, 5) is 0. The first kappa shape index (κ1) is 9.22. The molecule has 0 atom stereocenters. The van der Waals surface area contributed by atoms with Crippen LogP contribution in [0.25, 0.3) is 0 Å². The molecule has 0 N–H and O–H groups in total. The topological polar surface area (TPSA) is 0 Å². The lowest BCUT2D eigenvalue weighted by Crippen LogP contribution is -1.93. The van der Waals surface area contributed by atoms with E-state index in [2.05, 4.69) is 27.0 Å². The molecule has 0 saturated heterocycles. The second-order valence-electron chi connectivity index (χ2n) is 2.79. The Morgan fingerprint density at radius 2 is 1.90 bits per heavy atom. The van der Waals surface area contributed by atoms with Crippen LogP contribution >= 0.6 is 0 Å². The summed E-state index contributed by atoms with van der Waals surface area (Å²) in [5, 5.41) is 0. The van der Waals surface area contributed by atoms with E-state index in [0.29, 0.717) is 5.92 Å². The summed E-state index contributed by atoms with van der Waals surface area (Å²) in [6.07, 6.45) is 3.83. The van der Waals surface area contributed by atoms with Gasteiger partial charge in [0.2, 0.25) is 0 Å². The Morgan fingerprint density at radius 3 is 2.00 bits per heavy atom. The van der Waals surface area contributed by atoms with Crippen molar-refractivity contribution >= 4 is 0 Å². The molecule has 0 nitrogen and oxygen atoms in total. The molecule has 0 amide bonds. The van der Waals surface area contributed by atoms with E-state index >= 15 is 0 Å². The fraction of sp³-hybridized carbons (Fsp3) is 0.400. The average Bonchev–Trinajstić information content (AvgIpc) is 1.81. The maximum absolute atomic E-state index is 3.88. The summed E-state index contributed by atoms with van der Waals surface area (Å²) in [7, 11) is 0. The number of hydrogen-bond donors (Lipinski definition) is 0. The molecule has 0 unspecified atom stereocenters. The van der Waals surface area contributed by atoms with Gasteiger partial charge in [-0.3, -0.25) is 0 Å². The molecule has 0 radical (unpaired) electrons. The van der Waals surface area contributed by atoms with Gasteiger partial charge < -0.3 is 0 Å². The van der Waals surface area contributed by atoms with E-state index < -0.39 is 0 Å². The van der Waals surface area contributed by atoms with Crippen LogP contribution in [-0.4, -0.2) is 0 Å². The highest BCUT2D eigenvalue weighted by Crippen LogP contribution is 2.16. The molecule has 0 aromatic carbocycles. The van der Waals surface area contributed by atoms with Crippen LogP contribution in [-0.2, 0) is 0 Å². The molecule has 0 aromatic heterocycles. The normalized spacial score (nSPS) is 11.8. The van der Waals surface area contributed by atoms with Crippen molar-refractivity contribution in [3.63, 3.8) is 0 Å². The van der Waals surface area contributed by atoms with Gasteiger partial charge in [-0.15, -0.1) is 0 Å². The zero-order valence-corrected chi connectivity index (χ0v) is 7.15. The van der Waals surface area contributed by atoms with Crippen LogP contribution in [0.3, 0.4) is 0 Å². The van der Waals surface area contributed by atoms with Gasteiger partial charge in [0.15, 0.2) is 0 Å². The van der Waals surface area contributed by atoms with Crippen LogP contribution in [0, 0.1) is 5.92 Å². The molecule has 0 heterocycles. The zero-order valence-electron chi connectivity index (χ0n) is 7.15. The average molecular weight is 136 g/mol. The van der Waals surface area contributed by atoms with E-state index in [0.717, 1.165) is 5.57 Å². The van der Waals surface area contributed by atoms with Gasteiger partial charge in [0, 0.05) is 0 Å². The standard InChI is InChI=1S/C10H16/c1-6-7-10(8(2)3)9(4)5/h6-7,9H,1-2H2,3-5H3/b10-7+. The van der Waals surface area contributed by atoms with Gasteiger partial charge in [0.1, 0.15) is 0 Å². The molecular formula is C10H16. The zero-order chi connectivity index (χ0) is 8.15. The van der Waals surface area contributed by atoms with Crippen LogP contribution in [0.1, 0.15) is 20.8 Å². The van der Waals surface area contributed by atoms with Crippen molar-refractivity contribution in [2.45, 2.75) is 20.8 Å². The maximum atomic E-state index is 3.88. The van der Waals surface area contributed by atoms with Crippen molar-refractivity contribution in [1.82, 2.24) is 0 Å². The first-order valence-electron chi connectivity index (χ1n) is 3.58.